The normalized spacial score (nSPS) is 13.8. The number of thiazole rings is 1. The van der Waals surface area contributed by atoms with Crippen LogP contribution in [0.5, 0.6) is 0 Å². The van der Waals surface area contributed by atoms with E-state index in [1.807, 2.05) is 24.3 Å². The van der Waals surface area contributed by atoms with Crippen molar-refractivity contribution < 1.29 is 19.1 Å². The fraction of sp³-hybridized carbons (Fsp3) is 0.217. The fourth-order valence-electron chi connectivity index (χ4n) is 3.55. The number of carbonyl (C=O) groups is 3. The third-order valence-electron chi connectivity index (χ3n) is 5.07. The van der Waals surface area contributed by atoms with Gasteiger partial charge in [0.25, 0.3) is 11.8 Å². The molecule has 1 aliphatic heterocycles. The largest absolute Gasteiger partial charge is 0.464 e. The Hall–Kier alpha value is -3.23. The Morgan fingerprint density at radius 3 is 2.34 bits per heavy atom. The number of imide groups is 1. The molecule has 32 heavy (non-hydrogen) atoms. The van der Waals surface area contributed by atoms with Gasteiger partial charge in [0.05, 0.1) is 24.3 Å². The van der Waals surface area contributed by atoms with E-state index in [0.29, 0.717) is 22.1 Å². The van der Waals surface area contributed by atoms with Crippen molar-refractivity contribution in [1.82, 2.24) is 9.88 Å². The standard InChI is InChI=1S/C23H20ClN3O4S/c1-2-31-22(30)19(27-20(28)17-5-3-4-6-18(17)21(27)29)11-14-7-9-15(10-8-14)25-12-16-13-26-23(24)32-16/h3-10,13,19,25H,2,11-12H2,1H3. The maximum Gasteiger partial charge on any atom is 0.329 e. The lowest BCUT2D eigenvalue weighted by Crippen LogP contribution is -2.47. The molecule has 3 aromatic rings. The molecule has 2 amide bonds. The van der Waals surface area contributed by atoms with Crippen LogP contribution < -0.4 is 5.32 Å². The Kier molecular flexibility index (Phi) is 6.53. The molecule has 0 spiro atoms. The van der Waals surface area contributed by atoms with Gasteiger partial charge in [0, 0.05) is 23.2 Å². The highest BCUT2D eigenvalue weighted by Gasteiger charge is 2.43. The van der Waals surface area contributed by atoms with Crippen LogP contribution in [0.25, 0.3) is 0 Å². The van der Waals surface area contributed by atoms with Gasteiger partial charge in [-0.25, -0.2) is 9.78 Å². The number of amides is 2. The van der Waals surface area contributed by atoms with Crippen LogP contribution in [0, 0.1) is 0 Å². The van der Waals surface area contributed by atoms with Crippen molar-refractivity contribution >= 4 is 46.4 Å². The molecule has 0 fully saturated rings. The van der Waals surface area contributed by atoms with E-state index >= 15 is 0 Å². The highest BCUT2D eigenvalue weighted by Crippen LogP contribution is 2.27. The number of hydrogen-bond acceptors (Lipinski definition) is 7. The van der Waals surface area contributed by atoms with E-state index in [4.69, 9.17) is 16.3 Å². The quantitative estimate of drug-likeness (QED) is 0.393. The Balaban J connectivity index is 1.50. The number of nitrogens with one attached hydrogen (secondary N) is 1. The first-order valence-electron chi connectivity index (χ1n) is 10.0. The van der Waals surface area contributed by atoms with Crippen LogP contribution in [0.3, 0.4) is 0 Å². The lowest BCUT2D eigenvalue weighted by Gasteiger charge is -2.24. The van der Waals surface area contributed by atoms with Crippen molar-refractivity contribution in [3.63, 3.8) is 0 Å². The van der Waals surface area contributed by atoms with E-state index in [-0.39, 0.29) is 13.0 Å². The van der Waals surface area contributed by atoms with Gasteiger partial charge in [0.2, 0.25) is 0 Å². The number of esters is 1. The van der Waals surface area contributed by atoms with Crippen LogP contribution in [-0.2, 0) is 22.5 Å². The SMILES string of the molecule is CCOC(=O)C(Cc1ccc(NCc2cnc(Cl)s2)cc1)N1C(=O)c2ccccc2C1=O. The predicted octanol–water partition coefficient (Wildman–Crippen LogP) is 4.18. The van der Waals surface area contributed by atoms with Crippen molar-refractivity contribution in [2.24, 2.45) is 0 Å². The molecule has 1 unspecified atom stereocenters. The molecule has 1 atom stereocenters. The first-order valence-corrected chi connectivity index (χ1v) is 11.2. The minimum atomic E-state index is -1.04. The van der Waals surface area contributed by atoms with Crippen LogP contribution in [0.15, 0.2) is 54.7 Å². The molecule has 2 aromatic carbocycles. The van der Waals surface area contributed by atoms with Gasteiger partial charge in [-0.2, -0.15) is 0 Å². The first kappa shape index (κ1) is 22.0. The second-order valence-electron chi connectivity index (χ2n) is 7.13. The Bertz CT molecular complexity index is 1130. The Labute approximate surface area is 194 Å². The average Bonchev–Trinajstić information content (AvgIpc) is 3.33. The molecule has 1 aromatic heterocycles. The predicted molar refractivity (Wildman–Crippen MR) is 122 cm³/mol. The number of nitrogens with zero attached hydrogens (tertiary/aromatic N) is 2. The van der Waals surface area contributed by atoms with Crippen molar-refractivity contribution in [3.05, 3.63) is 80.8 Å². The van der Waals surface area contributed by atoms with E-state index in [1.165, 1.54) is 11.3 Å². The van der Waals surface area contributed by atoms with Gasteiger partial charge in [-0.05, 0) is 36.8 Å². The first-order chi connectivity index (χ1) is 15.5. The van der Waals surface area contributed by atoms with Gasteiger partial charge in [0.1, 0.15) is 6.04 Å². The molecule has 0 aliphatic carbocycles. The molecule has 1 aliphatic rings. The monoisotopic (exact) mass is 469 g/mol. The van der Waals surface area contributed by atoms with Crippen LogP contribution in [0.2, 0.25) is 4.47 Å². The van der Waals surface area contributed by atoms with Crippen LogP contribution >= 0.6 is 22.9 Å². The number of hydrogen-bond donors (Lipinski definition) is 1. The van der Waals surface area contributed by atoms with Crippen molar-refractivity contribution in [2.75, 3.05) is 11.9 Å². The second-order valence-corrected chi connectivity index (χ2v) is 8.83. The summed E-state index contributed by atoms with van der Waals surface area (Å²) in [6.45, 7) is 2.43. The van der Waals surface area contributed by atoms with E-state index < -0.39 is 23.8 Å². The number of rotatable bonds is 8. The van der Waals surface area contributed by atoms with Crippen LogP contribution in [-0.4, -0.2) is 40.3 Å². The lowest BCUT2D eigenvalue weighted by molar-refractivity contribution is -0.147. The number of fused-ring (bicyclic) bond motifs is 1. The third kappa shape index (κ3) is 4.51. The lowest BCUT2D eigenvalue weighted by atomic mass is 10.0. The van der Waals surface area contributed by atoms with Crippen molar-refractivity contribution in [1.29, 1.82) is 0 Å². The molecule has 2 heterocycles. The summed E-state index contributed by atoms with van der Waals surface area (Å²) in [7, 11) is 0. The van der Waals surface area contributed by atoms with E-state index in [2.05, 4.69) is 10.3 Å². The summed E-state index contributed by atoms with van der Waals surface area (Å²) in [5.41, 5.74) is 2.28. The van der Waals surface area contributed by atoms with Crippen LogP contribution in [0.1, 0.15) is 38.1 Å². The Morgan fingerprint density at radius 2 is 1.78 bits per heavy atom. The van der Waals surface area contributed by atoms with Gasteiger partial charge in [-0.15, -0.1) is 11.3 Å². The number of anilines is 1. The maximum absolute atomic E-state index is 12.9. The highest BCUT2D eigenvalue weighted by atomic mass is 35.5. The topological polar surface area (TPSA) is 88.6 Å². The van der Waals surface area contributed by atoms with Gasteiger partial charge in [-0.1, -0.05) is 35.9 Å². The smallest absolute Gasteiger partial charge is 0.329 e. The number of benzene rings is 2. The summed E-state index contributed by atoms with van der Waals surface area (Å²) in [6.07, 6.45) is 1.88. The average molecular weight is 470 g/mol. The molecule has 7 nitrogen and oxygen atoms in total. The minimum Gasteiger partial charge on any atom is -0.464 e. The molecule has 4 rings (SSSR count). The summed E-state index contributed by atoms with van der Waals surface area (Å²) in [5.74, 6) is -1.57. The zero-order valence-corrected chi connectivity index (χ0v) is 18.8. The highest BCUT2D eigenvalue weighted by molar-refractivity contribution is 7.15. The number of aromatic nitrogens is 1. The van der Waals surface area contributed by atoms with Crippen molar-refractivity contribution in [2.45, 2.75) is 25.9 Å². The molecular formula is C23H20ClN3O4S. The summed E-state index contributed by atoms with van der Waals surface area (Å²) < 4.78 is 5.68. The minimum absolute atomic E-state index is 0.156. The molecule has 1 N–H and O–H groups in total. The van der Waals surface area contributed by atoms with Gasteiger partial charge >= 0.3 is 5.97 Å². The van der Waals surface area contributed by atoms with Gasteiger partial charge < -0.3 is 10.1 Å². The molecule has 0 radical (unpaired) electrons. The fourth-order valence-corrected chi connectivity index (χ4v) is 4.46. The summed E-state index contributed by atoms with van der Waals surface area (Å²) >= 11 is 7.26. The summed E-state index contributed by atoms with van der Waals surface area (Å²) in [5, 5.41) is 3.28. The van der Waals surface area contributed by atoms with E-state index in [9.17, 15) is 14.4 Å². The zero-order chi connectivity index (χ0) is 22.7. The summed E-state index contributed by atoms with van der Waals surface area (Å²) in [6, 6.07) is 13.0. The van der Waals surface area contributed by atoms with E-state index in [0.717, 1.165) is 21.0 Å². The van der Waals surface area contributed by atoms with Crippen LogP contribution in [0.4, 0.5) is 5.69 Å². The van der Waals surface area contributed by atoms with Crippen molar-refractivity contribution in [3.8, 4) is 0 Å². The number of halogens is 1. The van der Waals surface area contributed by atoms with E-state index in [1.54, 1.807) is 37.4 Å². The van der Waals surface area contributed by atoms with Gasteiger partial charge in [-0.3, -0.25) is 14.5 Å². The maximum atomic E-state index is 12.9. The molecule has 9 heteroatoms. The third-order valence-corrected chi connectivity index (χ3v) is 6.19. The molecule has 164 valence electrons. The van der Waals surface area contributed by atoms with Gasteiger partial charge in [0.15, 0.2) is 4.47 Å². The number of carbonyl (C=O) groups excluding carboxylic acids is 3. The molecule has 0 bridgehead atoms. The second kappa shape index (κ2) is 9.50. The molecule has 0 saturated heterocycles. The molecule has 0 saturated carbocycles. The number of ether oxygens (including phenoxy) is 1. The zero-order valence-electron chi connectivity index (χ0n) is 17.2. The Morgan fingerprint density at radius 1 is 1.12 bits per heavy atom. The molecular weight excluding hydrogens is 450 g/mol. The summed E-state index contributed by atoms with van der Waals surface area (Å²) in [4.78, 5) is 44.5.